The first-order valence-electron chi connectivity index (χ1n) is 6.28. The molecule has 0 saturated heterocycles. The van der Waals surface area contributed by atoms with Crippen molar-refractivity contribution in [2.75, 3.05) is 11.1 Å². The number of carbonyl (C=O) groups is 2. The van der Waals surface area contributed by atoms with Gasteiger partial charge in [0.25, 0.3) is 11.8 Å². The first kappa shape index (κ1) is 13.6. The van der Waals surface area contributed by atoms with Crippen molar-refractivity contribution in [2.24, 2.45) is 0 Å². The van der Waals surface area contributed by atoms with Gasteiger partial charge in [-0.2, -0.15) is 0 Å². The third kappa shape index (κ3) is 2.38. The summed E-state index contributed by atoms with van der Waals surface area (Å²) < 4.78 is 0.826. The summed E-state index contributed by atoms with van der Waals surface area (Å²) in [6.07, 6.45) is 0. The average Bonchev–Trinajstić information content (AvgIpc) is 2.71. The number of rotatable bonds is 2. The molecule has 0 saturated carbocycles. The molecule has 6 heteroatoms. The van der Waals surface area contributed by atoms with Crippen molar-refractivity contribution in [1.82, 2.24) is 5.32 Å². The Morgan fingerprint density at radius 3 is 2.57 bits per heavy atom. The lowest BCUT2D eigenvalue weighted by atomic mass is 10.1. The van der Waals surface area contributed by atoms with Gasteiger partial charge in [-0.3, -0.25) is 14.9 Å². The summed E-state index contributed by atoms with van der Waals surface area (Å²) >= 11 is 3.45. The van der Waals surface area contributed by atoms with Crippen molar-refractivity contribution in [3.63, 3.8) is 0 Å². The number of nitrogens with one attached hydrogen (secondary N) is 2. The maximum absolute atomic E-state index is 11.7. The Balaban J connectivity index is 1.97. The van der Waals surface area contributed by atoms with Crippen LogP contribution in [0.3, 0.4) is 0 Å². The molecule has 3 rings (SSSR count). The SMILES string of the molecule is Cc1cc(Nc2ccc3c(c2)C(=O)NC3=O)c(Br)cc1N. The van der Waals surface area contributed by atoms with E-state index < -0.39 is 0 Å². The molecule has 0 spiro atoms. The molecule has 2 aromatic carbocycles. The van der Waals surface area contributed by atoms with Crippen molar-refractivity contribution in [1.29, 1.82) is 0 Å². The van der Waals surface area contributed by atoms with Gasteiger partial charge < -0.3 is 11.1 Å². The molecule has 1 aliphatic rings. The van der Waals surface area contributed by atoms with Gasteiger partial charge >= 0.3 is 0 Å². The quantitative estimate of drug-likeness (QED) is 0.577. The van der Waals surface area contributed by atoms with Crippen molar-refractivity contribution >= 4 is 44.8 Å². The lowest BCUT2D eigenvalue weighted by Crippen LogP contribution is -2.19. The zero-order valence-corrected chi connectivity index (χ0v) is 12.7. The third-order valence-electron chi connectivity index (χ3n) is 3.37. The Kier molecular flexibility index (Phi) is 3.17. The van der Waals surface area contributed by atoms with E-state index in [0.29, 0.717) is 16.8 Å². The molecule has 0 unspecified atom stereocenters. The number of anilines is 3. The zero-order valence-electron chi connectivity index (χ0n) is 11.2. The molecule has 0 aliphatic carbocycles. The van der Waals surface area contributed by atoms with Gasteiger partial charge in [-0.05, 0) is 58.7 Å². The minimum absolute atomic E-state index is 0.356. The summed E-state index contributed by atoms with van der Waals surface area (Å²) in [4.78, 5) is 23.2. The summed E-state index contributed by atoms with van der Waals surface area (Å²) in [5, 5.41) is 5.48. The van der Waals surface area contributed by atoms with Gasteiger partial charge in [-0.25, -0.2) is 0 Å². The van der Waals surface area contributed by atoms with Crippen LogP contribution < -0.4 is 16.4 Å². The second kappa shape index (κ2) is 4.89. The van der Waals surface area contributed by atoms with Crippen LogP contribution in [0.5, 0.6) is 0 Å². The van der Waals surface area contributed by atoms with Gasteiger partial charge in [0.1, 0.15) is 0 Å². The second-order valence-electron chi connectivity index (χ2n) is 4.86. The smallest absolute Gasteiger partial charge is 0.259 e. The van der Waals surface area contributed by atoms with Gasteiger partial charge in [0.05, 0.1) is 16.8 Å². The fraction of sp³-hybridized carbons (Fsp3) is 0.0667. The van der Waals surface area contributed by atoms with Crippen molar-refractivity contribution < 1.29 is 9.59 Å². The predicted molar refractivity (Wildman–Crippen MR) is 84.8 cm³/mol. The number of aryl methyl sites for hydroxylation is 1. The van der Waals surface area contributed by atoms with Crippen LogP contribution in [0.1, 0.15) is 26.3 Å². The van der Waals surface area contributed by atoms with E-state index in [0.717, 1.165) is 21.4 Å². The van der Waals surface area contributed by atoms with Crippen LogP contribution in [0.2, 0.25) is 0 Å². The molecule has 0 aromatic heterocycles. The maximum atomic E-state index is 11.7. The van der Waals surface area contributed by atoms with Gasteiger partial charge in [0, 0.05) is 15.8 Å². The van der Waals surface area contributed by atoms with E-state index in [1.807, 2.05) is 19.1 Å². The molecule has 0 fully saturated rings. The highest BCUT2D eigenvalue weighted by molar-refractivity contribution is 9.10. The number of imide groups is 1. The Bertz CT molecular complexity index is 787. The Labute approximate surface area is 129 Å². The first-order chi connectivity index (χ1) is 9.95. The predicted octanol–water partition coefficient (Wildman–Crippen LogP) is 2.97. The first-order valence-corrected chi connectivity index (χ1v) is 7.07. The summed E-state index contributed by atoms with van der Waals surface area (Å²) in [5.74, 6) is -0.725. The van der Waals surface area contributed by atoms with Gasteiger partial charge in [0.15, 0.2) is 0 Å². The van der Waals surface area contributed by atoms with E-state index in [4.69, 9.17) is 5.73 Å². The van der Waals surface area contributed by atoms with Gasteiger partial charge in [-0.1, -0.05) is 0 Å². The van der Waals surface area contributed by atoms with Crippen LogP contribution in [0.4, 0.5) is 17.1 Å². The molecule has 5 nitrogen and oxygen atoms in total. The van der Waals surface area contributed by atoms with Gasteiger partial charge in [0.2, 0.25) is 0 Å². The van der Waals surface area contributed by atoms with E-state index in [9.17, 15) is 9.59 Å². The molecular weight excluding hydrogens is 334 g/mol. The number of halogens is 1. The molecule has 0 radical (unpaired) electrons. The lowest BCUT2D eigenvalue weighted by molar-refractivity contribution is 0.0879. The number of fused-ring (bicyclic) bond motifs is 1. The van der Waals surface area contributed by atoms with Crippen molar-refractivity contribution in [3.05, 3.63) is 51.5 Å². The van der Waals surface area contributed by atoms with Crippen LogP contribution in [-0.2, 0) is 0 Å². The summed E-state index contributed by atoms with van der Waals surface area (Å²) in [6.45, 7) is 1.92. The molecule has 106 valence electrons. The van der Waals surface area contributed by atoms with Crippen molar-refractivity contribution in [3.8, 4) is 0 Å². The molecule has 1 heterocycles. The van der Waals surface area contributed by atoms with Crippen LogP contribution in [0.25, 0.3) is 0 Å². The van der Waals surface area contributed by atoms with Crippen molar-refractivity contribution in [2.45, 2.75) is 6.92 Å². The van der Waals surface area contributed by atoms with Crippen LogP contribution in [0, 0.1) is 6.92 Å². The lowest BCUT2D eigenvalue weighted by Gasteiger charge is -2.12. The Morgan fingerprint density at radius 1 is 1.10 bits per heavy atom. The van der Waals surface area contributed by atoms with E-state index in [2.05, 4.69) is 26.6 Å². The molecule has 2 aromatic rings. The summed E-state index contributed by atoms with van der Waals surface area (Å²) in [6, 6.07) is 8.79. The number of benzene rings is 2. The maximum Gasteiger partial charge on any atom is 0.259 e. The van der Waals surface area contributed by atoms with Crippen LogP contribution >= 0.6 is 15.9 Å². The minimum atomic E-state index is -0.369. The summed E-state index contributed by atoms with van der Waals surface area (Å²) in [7, 11) is 0. The molecule has 1 aliphatic heterocycles. The monoisotopic (exact) mass is 345 g/mol. The zero-order chi connectivity index (χ0) is 15.1. The van der Waals surface area contributed by atoms with E-state index in [-0.39, 0.29) is 11.8 Å². The number of carbonyl (C=O) groups excluding carboxylic acids is 2. The third-order valence-corrected chi connectivity index (χ3v) is 4.03. The fourth-order valence-corrected chi connectivity index (χ4v) is 2.65. The van der Waals surface area contributed by atoms with Crippen LogP contribution in [-0.4, -0.2) is 11.8 Å². The van der Waals surface area contributed by atoms with Crippen LogP contribution in [0.15, 0.2) is 34.8 Å². The van der Waals surface area contributed by atoms with E-state index in [1.54, 1.807) is 18.2 Å². The fourth-order valence-electron chi connectivity index (χ4n) is 2.19. The second-order valence-corrected chi connectivity index (χ2v) is 5.71. The molecular formula is C15H12BrN3O2. The standard InChI is InChI=1S/C15H12BrN3O2/c1-7-4-13(11(16)6-12(7)17)18-8-2-3-9-10(5-8)15(21)19-14(9)20/h2-6,18H,17H2,1H3,(H,19,20,21). The average molecular weight is 346 g/mol. The molecule has 0 atom stereocenters. The number of hydrogen-bond acceptors (Lipinski definition) is 4. The topological polar surface area (TPSA) is 84.2 Å². The molecule has 21 heavy (non-hydrogen) atoms. The molecule has 2 amide bonds. The van der Waals surface area contributed by atoms with E-state index in [1.165, 1.54) is 0 Å². The highest BCUT2D eigenvalue weighted by atomic mass is 79.9. The minimum Gasteiger partial charge on any atom is -0.398 e. The number of hydrogen-bond donors (Lipinski definition) is 3. The molecule has 0 bridgehead atoms. The molecule has 4 N–H and O–H groups in total. The summed E-state index contributed by atoms with van der Waals surface area (Å²) in [5.41, 5.74) is 9.84. The highest BCUT2D eigenvalue weighted by Gasteiger charge is 2.26. The van der Waals surface area contributed by atoms with E-state index >= 15 is 0 Å². The highest BCUT2D eigenvalue weighted by Crippen LogP contribution is 2.31. The number of amides is 2. The normalized spacial score (nSPS) is 13.0. The Morgan fingerprint density at radius 2 is 1.81 bits per heavy atom. The Hall–Kier alpha value is -2.34. The number of nitrogen functional groups attached to an aromatic ring is 1. The largest absolute Gasteiger partial charge is 0.398 e. The van der Waals surface area contributed by atoms with Gasteiger partial charge in [-0.15, -0.1) is 0 Å². The number of nitrogens with two attached hydrogens (primary N) is 1.